The van der Waals surface area contributed by atoms with E-state index in [4.69, 9.17) is 4.74 Å². The van der Waals surface area contributed by atoms with E-state index in [-0.39, 0.29) is 18.1 Å². The van der Waals surface area contributed by atoms with E-state index in [1.54, 1.807) is 24.9 Å². The van der Waals surface area contributed by atoms with Crippen molar-refractivity contribution in [3.05, 3.63) is 75.2 Å². The van der Waals surface area contributed by atoms with Crippen molar-refractivity contribution in [2.45, 2.75) is 33.2 Å². The first-order valence-electron chi connectivity index (χ1n) is 10.0. The van der Waals surface area contributed by atoms with Crippen LogP contribution in [0.4, 0.5) is 26.1 Å². The van der Waals surface area contributed by atoms with Gasteiger partial charge in [0.05, 0.1) is 19.3 Å². The molecule has 0 bridgehead atoms. The summed E-state index contributed by atoms with van der Waals surface area (Å²) in [4.78, 5) is 16.7. The van der Waals surface area contributed by atoms with Crippen LogP contribution in [-0.2, 0) is 13.0 Å². The smallest absolute Gasteiger partial charge is 0.277 e. The quantitative estimate of drug-likeness (QED) is 0.548. The fraction of sp³-hybridized carbons (Fsp3) is 0.304. The summed E-state index contributed by atoms with van der Waals surface area (Å²) in [7, 11) is 3.37. The Morgan fingerprint density at radius 1 is 1.10 bits per heavy atom. The summed E-state index contributed by atoms with van der Waals surface area (Å²) in [5.41, 5.74) is 3.01. The number of anilines is 3. The monoisotopic (exact) mass is 428 g/mol. The summed E-state index contributed by atoms with van der Waals surface area (Å²) in [5.74, 6) is -0.344. The highest BCUT2D eigenvalue weighted by molar-refractivity contribution is 5.70. The highest BCUT2D eigenvalue weighted by Crippen LogP contribution is 2.32. The van der Waals surface area contributed by atoms with Gasteiger partial charge >= 0.3 is 0 Å². The normalized spacial score (nSPS) is 10.8. The van der Waals surface area contributed by atoms with Crippen LogP contribution in [-0.4, -0.2) is 23.7 Å². The maximum Gasteiger partial charge on any atom is 0.277 e. The van der Waals surface area contributed by atoms with E-state index >= 15 is 0 Å². The Morgan fingerprint density at radius 2 is 1.81 bits per heavy atom. The molecule has 0 aliphatic heterocycles. The molecule has 1 heterocycles. The van der Waals surface area contributed by atoms with E-state index in [9.17, 15) is 13.6 Å². The average Bonchev–Trinajstić information content (AvgIpc) is 2.71. The van der Waals surface area contributed by atoms with E-state index in [1.807, 2.05) is 26.0 Å². The van der Waals surface area contributed by atoms with Gasteiger partial charge in [-0.05, 0) is 48.7 Å². The second-order valence-electron chi connectivity index (χ2n) is 7.29. The molecule has 0 aliphatic carbocycles. The van der Waals surface area contributed by atoms with Crippen LogP contribution in [0, 0.1) is 18.6 Å². The molecular weight excluding hydrogens is 402 g/mol. The molecule has 3 aromatic rings. The third-order valence-corrected chi connectivity index (χ3v) is 4.92. The Kier molecular flexibility index (Phi) is 6.89. The van der Waals surface area contributed by atoms with Gasteiger partial charge in [-0.1, -0.05) is 13.3 Å². The van der Waals surface area contributed by atoms with Gasteiger partial charge < -0.3 is 19.9 Å². The number of rotatable bonds is 8. The van der Waals surface area contributed by atoms with E-state index in [0.29, 0.717) is 23.3 Å². The predicted molar refractivity (Wildman–Crippen MR) is 119 cm³/mol. The summed E-state index contributed by atoms with van der Waals surface area (Å²) in [6, 6.07) is 7.08. The number of methoxy groups -OCH3 is 1. The number of aryl methyl sites for hydroxylation is 2. The molecule has 2 N–H and O–H groups in total. The molecule has 0 spiro atoms. The Balaban J connectivity index is 2.06. The van der Waals surface area contributed by atoms with Crippen molar-refractivity contribution in [1.82, 2.24) is 9.55 Å². The Labute approximate surface area is 179 Å². The molecule has 8 heteroatoms. The summed E-state index contributed by atoms with van der Waals surface area (Å²) < 4.78 is 34.5. The third-order valence-electron chi connectivity index (χ3n) is 4.92. The second-order valence-corrected chi connectivity index (χ2v) is 7.29. The fourth-order valence-electron chi connectivity index (χ4n) is 3.40. The summed E-state index contributed by atoms with van der Waals surface area (Å²) >= 11 is 0. The second kappa shape index (κ2) is 9.59. The zero-order valence-corrected chi connectivity index (χ0v) is 18.1. The van der Waals surface area contributed by atoms with Gasteiger partial charge in [0.1, 0.15) is 17.4 Å². The van der Waals surface area contributed by atoms with Crippen LogP contribution in [0.5, 0.6) is 5.75 Å². The SMILES string of the molecule is CCCc1cn(Cc2cc(F)cc(F)c2)c(Nc2cc(NC)c(OC)cc2C)nc1=O. The van der Waals surface area contributed by atoms with Gasteiger partial charge in [0, 0.05) is 30.6 Å². The lowest BCUT2D eigenvalue weighted by Gasteiger charge is -2.18. The molecule has 0 unspecified atom stereocenters. The first-order chi connectivity index (χ1) is 14.8. The highest BCUT2D eigenvalue weighted by Gasteiger charge is 2.13. The number of halogens is 2. The van der Waals surface area contributed by atoms with Crippen molar-refractivity contribution in [3.8, 4) is 5.75 Å². The summed E-state index contributed by atoms with van der Waals surface area (Å²) in [6.07, 6.45) is 3.04. The molecule has 0 atom stereocenters. The minimum Gasteiger partial charge on any atom is -0.495 e. The molecule has 0 fully saturated rings. The lowest BCUT2D eigenvalue weighted by atomic mass is 10.1. The van der Waals surface area contributed by atoms with Crippen LogP contribution in [0.2, 0.25) is 0 Å². The molecule has 1 aromatic heterocycles. The molecule has 0 saturated carbocycles. The average molecular weight is 428 g/mol. The molecule has 31 heavy (non-hydrogen) atoms. The van der Waals surface area contributed by atoms with E-state index in [2.05, 4.69) is 15.6 Å². The molecule has 0 radical (unpaired) electrons. The topological polar surface area (TPSA) is 68.2 Å². The third kappa shape index (κ3) is 5.20. The first kappa shape index (κ1) is 22.3. The summed E-state index contributed by atoms with van der Waals surface area (Å²) in [6.45, 7) is 4.02. The highest BCUT2D eigenvalue weighted by atomic mass is 19.1. The van der Waals surface area contributed by atoms with Gasteiger partial charge in [-0.25, -0.2) is 8.78 Å². The lowest BCUT2D eigenvalue weighted by molar-refractivity contribution is 0.416. The number of nitrogens with zero attached hydrogens (tertiary/aromatic N) is 2. The molecule has 2 aromatic carbocycles. The zero-order valence-electron chi connectivity index (χ0n) is 18.1. The molecular formula is C23H26F2N4O2. The van der Waals surface area contributed by atoms with Gasteiger partial charge in [-0.15, -0.1) is 0 Å². The van der Waals surface area contributed by atoms with Gasteiger partial charge in [-0.3, -0.25) is 4.79 Å². The van der Waals surface area contributed by atoms with Crippen molar-refractivity contribution in [2.24, 2.45) is 0 Å². The van der Waals surface area contributed by atoms with Gasteiger partial charge in [0.25, 0.3) is 5.56 Å². The van der Waals surface area contributed by atoms with E-state index < -0.39 is 11.6 Å². The van der Waals surface area contributed by atoms with Crippen LogP contribution in [0.3, 0.4) is 0 Å². The standard InChI is InChI=1S/C23H26F2N4O2/c1-5-6-16-13-29(12-15-8-17(24)10-18(25)9-15)23(28-22(16)30)27-19-11-20(26-3)21(31-4)7-14(19)2/h7-11,13,26H,5-6,12H2,1-4H3,(H,27,28,30). The maximum absolute atomic E-state index is 13.7. The summed E-state index contributed by atoms with van der Waals surface area (Å²) in [5, 5.41) is 6.26. The van der Waals surface area contributed by atoms with Crippen LogP contribution in [0.25, 0.3) is 0 Å². The maximum atomic E-state index is 13.7. The van der Waals surface area contributed by atoms with E-state index in [0.717, 1.165) is 29.4 Å². The Bertz CT molecular complexity index is 1120. The van der Waals surface area contributed by atoms with E-state index in [1.165, 1.54) is 12.1 Å². The molecule has 6 nitrogen and oxygen atoms in total. The van der Waals surface area contributed by atoms with Crippen LogP contribution in [0.15, 0.2) is 41.3 Å². The first-order valence-corrected chi connectivity index (χ1v) is 10.0. The molecule has 3 rings (SSSR count). The fourth-order valence-corrected chi connectivity index (χ4v) is 3.40. The van der Waals surface area contributed by atoms with Crippen molar-refractivity contribution in [1.29, 1.82) is 0 Å². The molecule has 0 amide bonds. The number of benzene rings is 2. The molecule has 0 aliphatic rings. The number of hydrogen-bond donors (Lipinski definition) is 2. The predicted octanol–water partition coefficient (Wildman–Crippen LogP) is 4.62. The van der Waals surface area contributed by atoms with Crippen LogP contribution in [0.1, 0.15) is 30.0 Å². The zero-order chi connectivity index (χ0) is 22.5. The Hall–Kier alpha value is -3.42. The van der Waals surface area contributed by atoms with Crippen molar-refractivity contribution in [3.63, 3.8) is 0 Å². The van der Waals surface area contributed by atoms with Crippen LogP contribution < -0.4 is 20.9 Å². The molecule has 164 valence electrons. The number of hydrogen-bond acceptors (Lipinski definition) is 5. The van der Waals surface area contributed by atoms with Gasteiger partial charge in [-0.2, -0.15) is 4.98 Å². The van der Waals surface area contributed by atoms with Crippen molar-refractivity contribution in [2.75, 3.05) is 24.8 Å². The number of aromatic nitrogens is 2. The number of nitrogens with one attached hydrogen (secondary N) is 2. The minimum atomic E-state index is -0.656. The number of ether oxygens (including phenoxy) is 1. The van der Waals surface area contributed by atoms with Gasteiger partial charge in [0.15, 0.2) is 0 Å². The Morgan fingerprint density at radius 3 is 2.42 bits per heavy atom. The van der Waals surface area contributed by atoms with Crippen molar-refractivity contribution >= 4 is 17.3 Å². The van der Waals surface area contributed by atoms with Crippen molar-refractivity contribution < 1.29 is 13.5 Å². The van der Waals surface area contributed by atoms with Gasteiger partial charge in [0.2, 0.25) is 5.95 Å². The minimum absolute atomic E-state index is 0.148. The van der Waals surface area contributed by atoms with Crippen LogP contribution >= 0.6 is 0 Å². The lowest BCUT2D eigenvalue weighted by Crippen LogP contribution is -2.21. The largest absolute Gasteiger partial charge is 0.495 e. The molecule has 0 saturated heterocycles.